The minimum atomic E-state index is -1.99. The second-order valence-corrected chi connectivity index (χ2v) is 28.7. The summed E-state index contributed by atoms with van der Waals surface area (Å²) >= 11 is 0. The molecule has 3 saturated heterocycles. The Morgan fingerprint density at radius 2 is 1.31 bits per heavy atom. The third-order valence-corrected chi connectivity index (χ3v) is 22.6. The van der Waals surface area contributed by atoms with Crippen LogP contribution in [-0.4, -0.2) is 217 Å². The lowest BCUT2D eigenvalue weighted by Crippen LogP contribution is -2.76. The highest BCUT2D eigenvalue weighted by Gasteiger charge is 2.76. The molecule has 0 spiro atoms. The van der Waals surface area contributed by atoms with E-state index in [-0.39, 0.29) is 18.4 Å². The number of carbonyl (C=O) groups is 3. The summed E-state index contributed by atoms with van der Waals surface area (Å²) in [5.41, 5.74) is -2.86. The minimum absolute atomic E-state index is 0.122. The van der Waals surface area contributed by atoms with E-state index in [1.807, 2.05) is 48.5 Å². The maximum absolute atomic E-state index is 14.1. The Kier molecular flexibility index (Phi) is 21.3. The summed E-state index contributed by atoms with van der Waals surface area (Å²) in [5.74, 6) is -3.72. The maximum Gasteiger partial charge on any atom is 0.338 e. The predicted octanol–water partition coefficient (Wildman–Crippen LogP) is 2.55. The zero-order chi connectivity index (χ0) is 64.4. The van der Waals surface area contributed by atoms with Crippen LogP contribution in [-0.2, 0) is 57.0 Å². The summed E-state index contributed by atoms with van der Waals surface area (Å²) in [5, 5.41) is 125. The molecule has 0 aromatic carbocycles. The van der Waals surface area contributed by atoms with Crippen LogP contribution in [0.25, 0.3) is 0 Å². The third-order valence-electron chi connectivity index (χ3n) is 22.6. The summed E-state index contributed by atoms with van der Waals surface area (Å²) < 4.78 is 55.3. The lowest BCUT2D eigenvalue weighted by Gasteiger charge is -2.73. The Morgan fingerprint density at radius 3 is 1.90 bits per heavy atom. The van der Waals surface area contributed by atoms with Crippen LogP contribution in [0.3, 0.4) is 0 Å². The van der Waals surface area contributed by atoms with Crippen molar-refractivity contribution in [2.45, 2.75) is 264 Å². The standard InChI is InChI=1S/C64H102O23/c1-14-32(6)54(77)87-53-52(83-40(68)25-31(5)18-16-17-30(3)4)59(7,8)26-34-33-19-20-38-61(11)23-22-39(60(9,10)37(61)21-24-62(38,12)63(33,13)50(75)51(76)64(34,53)29-67)82-58-48(85-57-45(73)43(71)41(69)35(27-65)80-57)46(74)47(49(86-58)55(78)79-15-2)84-56-44(72)42(70)36(28-66)81-56/h17,19,25,32,34-39,41-53,56-58,65-67,69-76H,14-16,18,20-24,26-29H2,1-13H3/b31-25-/t32-,34-,35+,36-,37-,38+,39-,41+,42-,43-,44+,45+,46-,47-,48+,49-,50-,51+,52-,53-,56-,57-,58+,61-,62+,63-,64-/m0/s1. The van der Waals surface area contributed by atoms with Gasteiger partial charge in [-0.3, -0.25) is 4.79 Å². The van der Waals surface area contributed by atoms with Gasteiger partial charge in [-0.2, -0.15) is 0 Å². The Labute approximate surface area is 511 Å². The number of aliphatic hydroxyl groups excluding tert-OH is 11. The zero-order valence-electron chi connectivity index (χ0n) is 53.0. The van der Waals surface area contributed by atoms with Crippen molar-refractivity contribution in [2.75, 3.05) is 26.4 Å². The average molecular weight is 1240 g/mol. The van der Waals surface area contributed by atoms with Gasteiger partial charge in [0.25, 0.3) is 0 Å². The summed E-state index contributed by atoms with van der Waals surface area (Å²) in [6.45, 7) is 23.1. The Bertz CT molecular complexity index is 2530. The molecule has 0 bridgehead atoms. The van der Waals surface area contributed by atoms with Crippen LogP contribution < -0.4 is 0 Å². The highest BCUT2D eigenvalue weighted by molar-refractivity contribution is 5.83. The number of aliphatic hydroxyl groups is 11. The van der Waals surface area contributed by atoms with Crippen molar-refractivity contribution >= 4 is 17.9 Å². The van der Waals surface area contributed by atoms with E-state index in [2.05, 4.69) is 39.8 Å². The van der Waals surface area contributed by atoms with Gasteiger partial charge >= 0.3 is 17.9 Å². The van der Waals surface area contributed by atoms with Gasteiger partial charge in [-0.05, 0) is 119 Å². The molecule has 8 aliphatic rings. The molecule has 11 N–H and O–H groups in total. The van der Waals surface area contributed by atoms with Gasteiger partial charge in [0, 0.05) is 16.9 Å². The highest BCUT2D eigenvalue weighted by atomic mass is 16.8. The molecular weight excluding hydrogens is 1140 g/mol. The Morgan fingerprint density at radius 1 is 0.701 bits per heavy atom. The Balaban J connectivity index is 1.12. The first-order valence-corrected chi connectivity index (χ1v) is 31.5. The molecule has 7 fully saturated rings. The monoisotopic (exact) mass is 1240 g/mol. The quantitative estimate of drug-likeness (QED) is 0.0291. The first-order valence-electron chi connectivity index (χ1n) is 31.5. The highest BCUT2D eigenvalue weighted by Crippen LogP contribution is 2.76. The van der Waals surface area contributed by atoms with Gasteiger partial charge in [-0.25, -0.2) is 9.59 Å². The molecule has 8 rings (SSSR count). The fourth-order valence-electron chi connectivity index (χ4n) is 17.2. The number of esters is 3. The fraction of sp³-hybridized carbons (Fsp3) is 0.859. The normalized spacial score (nSPS) is 46.1. The van der Waals surface area contributed by atoms with Crippen molar-refractivity contribution in [1.82, 2.24) is 0 Å². The van der Waals surface area contributed by atoms with Crippen molar-refractivity contribution in [2.24, 2.45) is 56.2 Å². The summed E-state index contributed by atoms with van der Waals surface area (Å²) in [6.07, 6.45) is -20.5. The predicted molar refractivity (Wildman–Crippen MR) is 309 cm³/mol. The molecule has 3 heterocycles. The molecule has 27 atom stereocenters. The number of carbonyl (C=O) groups excluding carboxylic acids is 3. The van der Waals surface area contributed by atoms with Gasteiger partial charge in [0.1, 0.15) is 67.1 Å². The fourth-order valence-corrected chi connectivity index (χ4v) is 17.2. The van der Waals surface area contributed by atoms with Crippen LogP contribution in [0.4, 0.5) is 0 Å². The van der Waals surface area contributed by atoms with Crippen molar-refractivity contribution in [3.8, 4) is 0 Å². The second-order valence-electron chi connectivity index (χ2n) is 28.7. The van der Waals surface area contributed by atoms with E-state index in [0.717, 1.165) is 23.1 Å². The van der Waals surface area contributed by atoms with Crippen molar-refractivity contribution in [1.29, 1.82) is 0 Å². The number of hydrogen-bond acceptors (Lipinski definition) is 23. The van der Waals surface area contributed by atoms with Crippen LogP contribution >= 0.6 is 0 Å². The van der Waals surface area contributed by atoms with E-state index in [9.17, 15) is 70.6 Å². The molecule has 4 saturated carbocycles. The van der Waals surface area contributed by atoms with E-state index in [1.54, 1.807) is 13.8 Å². The lowest BCUT2D eigenvalue weighted by atomic mass is 9.32. The Hall–Kier alpha value is -3.05. The first-order chi connectivity index (χ1) is 40.7. The minimum Gasteiger partial charge on any atom is -0.464 e. The lowest BCUT2D eigenvalue weighted by molar-refractivity contribution is -0.383. The van der Waals surface area contributed by atoms with Gasteiger partial charge < -0.3 is 98.8 Å². The summed E-state index contributed by atoms with van der Waals surface area (Å²) in [4.78, 5) is 42.0. The van der Waals surface area contributed by atoms with Crippen LogP contribution in [0.1, 0.15) is 148 Å². The van der Waals surface area contributed by atoms with Crippen LogP contribution in [0.5, 0.6) is 0 Å². The molecule has 23 heteroatoms. The number of fused-ring (bicyclic) bond motifs is 7. The van der Waals surface area contributed by atoms with Crippen LogP contribution in [0.15, 0.2) is 34.9 Å². The topological polar surface area (TPSA) is 357 Å². The largest absolute Gasteiger partial charge is 0.464 e. The van der Waals surface area contributed by atoms with Crippen molar-refractivity contribution in [3.63, 3.8) is 0 Å². The van der Waals surface area contributed by atoms with Crippen LogP contribution in [0.2, 0.25) is 0 Å². The molecular formula is C64H102O23. The van der Waals surface area contributed by atoms with Gasteiger partial charge in [-0.1, -0.05) is 91.2 Å². The molecule has 0 radical (unpaired) electrons. The molecule has 87 heavy (non-hydrogen) atoms. The van der Waals surface area contributed by atoms with Gasteiger partial charge in [0.05, 0.1) is 56.1 Å². The second kappa shape index (κ2) is 26.5. The first kappa shape index (κ1) is 69.8. The summed E-state index contributed by atoms with van der Waals surface area (Å²) in [7, 11) is 0. The molecule has 0 aromatic rings. The van der Waals surface area contributed by atoms with Gasteiger partial charge in [-0.15, -0.1) is 0 Å². The molecule has 23 nitrogen and oxygen atoms in total. The molecule has 0 unspecified atom stereocenters. The number of ether oxygens (including phenoxy) is 9. The van der Waals surface area contributed by atoms with E-state index < -0.39 is 199 Å². The number of rotatable bonds is 19. The molecule has 0 amide bonds. The SMILES string of the molecule is CCOC(=O)[C@H]1O[C@@H](O[C@H]2CC[C@]3(C)[C@H]4CC=C5[C@@H]6CC(C)(C)[C@@H](OC(=O)/C=C(/C)CCC=C(C)C)[C@H](OC(=O)[C@@H](C)CC)[C@]6(CO)[C@H](O)[C@H](O)[C@@]5(C)[C@]4(C)CC[C@H]3C2(C)C)[C@H](O[C@@H]2O[C@H](CO)[C@@H](O)[C@H](O)[C@H]2O)[C@@H](O)[C@@H]1O[C@@H]1O[C@@H](CO)[C@H](O)[C@H]1O. The van der Waals surface area contributed by atoms with Crippen LogP contribution in [0, 0.1) is 56.2 Å². The average Bonchev–Trinajstić information content (AvgIpc) is 0.864. The van der Waals surface area contributed by atoms with Crippen molar-refractivity contribution < 1.29 is 113 Å². The summed E-state index contributed by atoms with van der Waals surface area (Å²) in [6, 6.07) is 0. The number of hydrogen-bond donors (Lipinski definition) is 11. The van der Waals surface area contributed by atoms with E-state index >= 15 is 0 Å². The molecule has 3 aliphatic heterocycles. The number of allylic oxidation sites excluding steroid dienone is 4. The third kappa shape index (κ3) is 12.1. The van der Waals surface area contributed by atoms with E-state index in [1.165, 1.54) is 6.08 Å². The molecule has 0 aromatic heterocycles. The van der Waals surface area contributed by atoms with Gasteiger partial charge in [0.15, 0.2) is 31.1 Å². The van der Waals surface area contributed by atoms with E-state index in [0.29, 0.717) is 51.4 Å². The smallest absolute Gasteiger partial charge is 0.338 e. The van der Waals surface area contributed by atoms with Gasteiger partial charge in [0.2, 0.25) is 0 Å². The van der Waals surface area contributed by atoms with Crippen molar-refractivity contribution in [3.05, 3.63) is 34.9 Å². The maximum atomic E-state index is 14.1. The molecule has 496 valence electrons. The molecule has 5 aliphatic carbocycles. The van der Waals surface area contributed by atoms with E-state index in [4.69, 9.17) is 42.6 Å². The zero-order valence-corrected chi connectivity index (χ0v) is 53.0.